The number of carbonyl (C=O) groups is 1. The van der Waals surface area contributed by atoms with E-state index in [1.54, 1.807) is 0 Å². The highest BCUT2D eigenvalue weighted by Crippen LogP contribution is 2.30. The average molecular weight is 251 g/mol. The van der Waals surface area contributed by atoms with E-state index in [4.69, 9.17) is 0 Å². The minimum absolute atomic E-state index is 0.222. The summed E-state index contributed by atoms with van der Waals surface area (Å²) in [5.74, 6) is 0.222. The van der Waals surface area contributed by atoms with Gasteiger partial charge in [-0.3, -0.25) is 4.79 Å². The molecule has 0 aliphatic carbocycles. The number of aromatic nitrogens is 3. The number of aldehydes is 1. The highest BCUT2D eigenvalue weighted by molar-refractivity contribution is 5.96. The summed E-state index contributed by atoms with van der Waals surface area (Å²) < 4.78 is 0. The molecule has 0 unspecified atom stereocenters. The highest BCUT2D eigenvalue weighted by atomic mass is 16.1. The molecular formula is C15H13N3O. The molecule has 3 rings (SSSR count). The Bertz CT molecular complexity index is 774. The van der Waals surface area contributed by atoms with Gasteiger partial charge in [0.25, 0.3) is 0 Å². The van der Waals surface area contributed by atoms with Crippen molar-refractivity contribution in [2.45, 2.75) is 13.8 Å². The summed E-state index contributed by atoms with van der Waals surface area (Å²) in [4.78, 5) is 22.6. The molecule has 0 fully saturated rings. The lowest BCUT2D eigenvalue weighted by atomic mass is 10.1. The van der Waals surface area contributed by atoms with Crippen LogP contribution < -0.4 is 0 Å². The van der Waals surface area contributed by atoms with Crippen LogP contribution in [0, 0.1) is 13.8 Å². The number of hydrogen-bond acceptors (Lipinski definition) is 3. The molecule has 0 amide bonds. The van der Waals surface area contributed by atoms with Crippen LogP contribution in [0.5, 0.6) is 0 Å². The molecule has 1 aromatic carbocycles. The van der Waals surface area contributed by atoms with Crippen LogP contribution in [0.1, 0.15) is 22.0 Å². The lowest BCUT2D eigenvalue weighted by Gasteiger charge is -2.03. The van der Waals surface area contributed by atoms with Crippen LogP contribution in [0.25, 0.3) is 22.2 Å². The molecule has 0 atom stereocenters. The number of nitrogens with one attached hydrogen (secondary N) is 1. The molecule has 2 heterocycles. The largest absolute Gasteiger partial charge is 0.358 e. The fourth-order valence-electron chi connectivity index (χ4n) is 2.38. The minimum Gasteiger partial charge on any atom is -0.358 e. The first kappa shape index (κ1) is 11.6. The van der Waals surface area contributed by atoms with Crippen LogP contribution in [0.4, 0.5) is 0 Å². The maximum Gasteiger partial charge on any atom is 0.193 e. The van der Waals surface area contributed by atoms with E-state index in [2.05, 4.69) is 15.0 Å². The molecule has 1 N–H and O–H groups in total. The van der Waals surface area contributed by atoms with E-state index in [0.717, 1.165) is 33.5 Å². The summed E-state index contributed by atoms with van der Waals surface area (Å²) in [5.41, 5.74) is 4.71. The number of hydrogen-bond donors (Lipinski definition) is 1. The molecule has 0 saturated heterocycles. The third-order valence-corrected chi connectivity index (χ3v) is 3.13. The van der Waals surface area contributed by atoms with Crippen LogP contribution in [-0.2, 0) is 0 Å². The van der Waals surface area contributed by atoms with Crippen molar-refractivity contribution in [2.75, 3.05) is 0 Å². The van der Waals surface area contributed by atoms with Gasteiger partial charge < -0.3 is 4.98 Å². The molecule has 4 nitrogen and oxygen atoms in total. The Labute approximate surface area is 110 Å². The Kier molecular flexibility index (Phi) is 2.63. The predicted octanol–water partition coefficient (Wildman–Crippen LogP) is 3.05. The van der Waals surface area contributed by atoms with E-state index >= 15 is 0 Å². The van der Waals surface area contributed by atoms with E-state index in [9.17, 15) is 4.79 Å². The minimum atomic E-state index is 0.222. The van der Waals surface area contributed by atoms with Crippen molar-refractivity contribution in [2.24, 2.45) is 0 Å². The van der Waals surface area contributed by atoms with Gasteiger partial charge in [0, 0.05) is 27.9 Å². The molecule has 0 radical (unpaired) electrons. The van der Waals surface area contributed by atoms with Crippen LogP contribution in [-0.4, -0.2) is 21.2 Å². The molecule has 0 spiro atoms. The number of nitrogens with zero attached hydrogens (tertiary/aromatic N) is 2. The summed E-state index contributed by atoms with van der Waals surface area (Å²) in [5, 5.41) is 1.11. The number of benzene rings is 1. The zero-order valence-electron chi connectivity index (χ0n) is 10.8. The smallest absolute Gasteiger partial charge is 0.193 e. The van der Waals surface area contributed by atoms with Crippen molar-refractivity contribution in [3.8, 4) is 11.3 Å². The number of fused-ring (bicyclic) bond motifs is 1. The van der Waals surface area contributed by atoms with Gasteiger partial charge in [-0.05, 0) is 26.0 Å². The Morgan fingerprint density at radius 1 is 1.16 bits per heavy atom. The predicted molar refractivity (Wildman–Crippen MR) is 74.2 cm³/mol. The number of carbonyl (C=O) groups excluding carboxylic acids is 1. The molecule has 0 aliphatic heterocycles. The van der Waals surface area contributed by atoms with Gasteiger partial charge in [-0.15, -0.1) is 0 Å². The third-order valence-electron chi connectivity index (χ3n) is 3.13. The fourth-order valence-corrected chi connectivity index (χ4v) is 2.38. The summed E-state index contributed by atoms with van der Waals surface area (Å²) in [6.45, 7) is 3.87. The van der Waals surface area contributed by atoms with Crippen molar-refractivity contribution < 1.29 is 4.79 Å². The van der Waals surface area contributed by atoms with E-state index in [-0.39, 0.29) is 5.82 Å². The van der Waals surface area contributed by atoms with Crippen LogP contribution in [0.15, 0.2) is 30.3 Å². The van der Waals surface area contributed by atoms with Gasteiger partial charge >= 0.3 is 0 Å². The van der Waals surface area contributed by atoms with Crippen LogP contribution in [0.3, 0.4) is 0 Å². The van der Waals surface area contributed by atoms with Crippen molar-refractivity contribution in [3.63, 3.8) is 0 Å². The fraction of sp³-hybridized carbons (Fsp3) is 0.133. The zero-order chi connectivity index (χ0) is 13.4. The third kappa shape index (κ3) is 1.91. The first-order valence-electron chi connectivity index (χ1n) is 6.07. The van der Waals surface area contributed by atoms with Crippen molar-refractivity contribution >= 4 is 17.2 Å². The van der Waals surface area contributed by atoms with Crippen LogP contribution >= 0.6 is 0 Å². The summed E-state index contributed by atoms with van der Waals surface area (Å²) >= 11 is 0. The second-order valence-electron chi connectivity index (χ2n) is 4.54. The van der Waals surface area contributed by atoms with Crippen LogP contribution in [0.2, 0.25) is 0 Å². The van der Waals surface area contributed by atoms with Crippen molar-refractivity contribution in [3.05, 3.63) is 47.5 Å². The Morgan fingerprint density at radius 2 is 1.95 bits per heavy atom. The second kappa shape index (κ2) is 4.31. The van der Waals surface area contributed by atoms with Crippen molar-refractivity contribution in [1.82, 2.24) is 15.0 Å². The summed E-state index contributed by atoms with van der Waals surface area (Å²) in [7, 11) is 0. The molecule has 94 valence electrons. The Hall–Kier alpha value is -2.49. The number of rotatable bonds is 2. The standard InChI is InChI=1S/C15H13N3O/c1-9-7-13(18-14(8-19)16-9)15-10(2)17-12-6-4-3-5-11(12)15/h3-8,17H,1-2H3. The lowest BCUT2D eigenvalue weighted by Crippen LogP contribution is -1.97. The van der Waals surface area contributed by atoms with E-state index in [1.807, 2.05) is 44.2 Å². The van der Waals surface area contributed by atoms with E-state index in [0.29, 0.717) is 6.29 Å². The Morgan fingerprint density at radius 3 is 2.74 bits per heavy atom. The van der Waals surface area contributed by atoms with Gasteiger partial charge in [-0.2, -0.15) is 0 Å². The Balaban J connectivity index is 2.32. The second-order valence-corrected chi connectivity index (χ2v) is 4.54. The van der Waals surface area contributed by atoms with Crippen molar-refractivity contribution in [1.29, 1.82) is 0 Å². The summed E-state index contributed by atoms with van der Waals surface area (Å²) in [6, 6.07) is 9.96. The molecule has 2 aromatic heterocycles. The van der Waals surface area contributed by atoms with Gasteiger partial charge in [0.2, 0.25) is 0 Å². The topological polar surface area (TPSA) is 58.6 Å². The van der Waals surface area contributed by atoms with Gasteiger partial charge in [0.05, 0.1) is 5.69 Å². The van der Waals surface area contributed by atoms with Gasteiger partial charge in [-0.25, -0.2) is 9.97 Å². The quantitative estimate of drug-likeness (QED) is 0.712. The van der Waals surface area contributed by atoms with Gasteiger partial charge in [0.1, 0.15) is 0 Å². The molecule has 3 aromatic rings. The molecule has 0 saturated carbocycles. The normalized spacial score (nSPS) is 10.8. The molecule has 4 heteroatoms. The average Bonchev–Trinajstić information content (AvgIpc) is 2.73. The van der Waals surface area contributed by atoms with Gasteiger partial charge in [-0.1, -0.05) is 18.2 Å². The van der Waals surface area contributed by atoms with Gasteiger partial charge in [0.15, 0.2) is 12.1 Å². The molecule has 19 heavy (non-hydrogen) atoms. The first-order valence-corrected chi connectivity index (χ1v) is 6.07. The zero-order valence-corrected chi connectivity index (χ0v) is 10.8. The molecule has 0 bridgehead atoms. The number of para-hydroxylation sites is 1. The van der Waals surface area contributed by atoms with E-state index in [1.165, 1.54) is 0 Å². The monoisotopic (exact) mass is 251 g/mol. The number of aromatic amines is 1. The SMILES string of the molecule is Cc1cc(-c2c(C)[nH]c3ccccc23)nc(C=O)n1. The maximum atomic E-state index is 10.9. The lowest BCUT2D eigenvalue weighted by molar-refractivity contribution is 0.111. The van der Waals surface area contributed by atoms with E-state index < -0.39 is 0 Å². The highest BCUT2D eigenvalue weighted by Gasteiger charge is 2.12. The first-order chi connectivity index (χ1) is 9.19. The number of H-pyrrole nitrogens is 1. The number of aryl methyl sites for hydroxylation is 2. The maximum absolute atomic E-state index is 10.9. The molecular weight excluding hydrogens is 238 g/mol. The summed E-state index contributed by atoms with van der Waals surface area (Å²) in [6.07, 6.45) is 0.681. The molecule has 0 aliphatic rings.